The Morgan fingerprint density at radius 3 is 3.11 bits per heavy atom. The summed E-state index contributed by atoms with van der Waals surface area (Å²) < 4.78 is 0. The standard InChI is InChI=1S/C14H10N2OS/c17-10-5-8-3-1-2-4-9(8)14-12(10)13-11(18-14)6-15-7-16-13/h1-4,6-7,12,14H,5H2. The van der Waals surface area contributed by atoms with Crippen LogP contribution < -0.4 is 0 Å². The Balaban J connectivity index is 1.91. The molecule has 0 bridgehead atoms. The molecule has 2 aliphatic rings. The molecule has 0 saturated carbocycles. The number of carbonyl (C=O) groups excluding carboxylic acids is 1. The molecule has 88 valence electrons. The van der Waals surface area contributed by atoms with Crippen LogP contribution in [0.15, 0.2) is 41.7 Å². The summed E-state index contributed by atoms with van der Waals surface area (Å²) in [6, 6.07) is 8.23. The molecule has 18 heavy (non-hydrogen) atoms. The number of thioether (sulfide) groups is 1. The van der Waals surface area contributed by atoms with Crippen LogP contribution >= 0.6 is 11.8 Å². The van der Waals surface area contributed by atoms with Gasteiger partial charge in [0.05, 0.1) is 16.9 Å². The molecule has 1 aliphatic carbocycles. The monoisotopic (exact) mass is 254 g/mol. The van der Waals surface area contributed by atoms with E-state index in [0.717, 1.165) is 16.2 Å². The van der Waals surface area contributed by atoms with Crippen LogP contribution in [0.4, 0.5) is 0 Å². The SMILES string of the molecule is O=C1Cc2ccccc2C2Sc3cncnc3C12. The van der Waals surface area contributed by atoms with Gasteiger partial charge in [-0.05, 0) is 11.1 Å². The molecule has 0 spiro atoms. The molecule has 4 heteroatoms. The lowest BCUT2D eigenvalue weighted by Crippen LogP contribution is -2.24. The van der Waals surface area contributed by atoms with Crippen LogP contribution in [-0.4, -0.2) is 15.8 Å². The highest BCUT2D eigenvalue weighted by Crippen LogP contribution is 2.56. The highest BCUT2D eigenvalue weighted by atomic mass is 32.2. The van der Waals surface area contributed by atoms with Gasteiger partial charge in [0.2, 0.25) is 0 Å². The van der Waals surface area contributed by atoms with Crippen LogP contribution in [0.25, 0.3) is 0 Å². The number of hydrogen-bond acceptors (Lipinski definition) is 4. The van der Waals surface area contributed by atoms with Crippen LogP contribution in [0.5, 0.6) is 0 Å². The molecular weight excluding hydrogens is 244 g/mol. The van der Waals surface area contributed by atoms with Crippen molar-refractivity contribution in [3.05, 3.63) is 53.6 Å². The van der Waals surface area contributed by atoms with Gasteiger partial charge in [-0.15, -0.1) is 11.8 Å². The molecule has 0 N–H and O–H groups in total. The average molecular weight is 254 g/mol. The third kappa shape index (κ3) is 1.29. The number of nitrogens with zero attached hydrogens (tertiary/aromatic N) is 2. The zero-order valence-electron chi connectivity index (χ0n) is 9.54. The van der Waals surface area contributed by atoms with Gasteiger partial charge >= 0.3 is 0 Å². The third-order valence-electron chi connectivity index (χ3n) is 3.63. The van der Waals surface area contributed by atoms with E-state index in [0.29, 0.717) is 6.42 Å². The zero-order chi connectivity index (χ0) is 12.1. The van der Waals surface area contributed by atoms with E-state index in [2.05, 4.69) is 22.1 Å². The number of aromatic nitrogens is 2. The van der Waals surface area contributed by atoms with Crippen LogP contribution in [0.2, 0.25) is 0 Å². The minimum Gasteiger partial charge on any atom is -0.299 e. The van der Waals surface area contributed by atoms with Gasteiger partial charge in [-0.1, -0.05) is 24.3 Å². The molecule has 0 radical (unpaired) electrons. The first-order valence-electron chi connectivity index (χ1n) is 5.91. The Kier molecular flexibility index (Phi) is 2.08. The lowest BCUT2D eigenvalue weighted by atomic mass is 9.81. The Bertz CT molecular complexity index is 656. The van der Waals surface area contributed by atoms with E-state index in [1.807, 2.05) is 18.3 Å². The van der Waals surface area contributed by atoms with Gasteiger partial charge in [0.25, 0.3) is 0 Å². The number of ketones is 1. The van der Waals surface area contributed by atoms with Crippen molar-refractivity contribution < 1.29 is 4.79 Å². The fraction of sp³-hybridized carbons (Fsp3) is 0.214. The van der Waals surface area contributed by atoms with Gasteiger partial charge in [0, 0.05) is 17.5 Å². The van der Waals surface area contributed by atoms with Gasteiger partial charge in [-0.2, -0.15) is 0 Å². The number of hydrogen-bond donors (Lipinski definition) is 0. The van der Waals surface area contributed by atoms with Crippen molar-refractivity contribution in [2.24, 2.45) is 0 Å². The van der Waals surface area contributed by atoms with Gasteiger partial charge in [0.15, 0.2) is 0 Å². The van der Waals surface area contributed by atoms with Crippen molar-refractivity contribution >= 4 is 17.5 Å². The quantitative estimate of drug-likeness (QED) is 0.724. The van der Waals surface area contributed by atoms with Crippen molar-refractivity contribution in [2.45, 2.75) is 22.5 Å². The van der Waals surface area contributed by atoms with Crippen molar-refractivity contribution in [3.63, 3.8) is 0 Å². The molecule has 2 heterocycles. The molecule has 4 rings (SSSR count). The molecule has 2 atom stereocenters. The zero-order valence-corrected chi connectivity index (χ0v) is 10.4. The Morgan fingerprint density at radius 1 is 1.28 bits per heavy atom. The van der Waals surface area contributed by atoms with E-state index in [1.54, 1.807) is 11.8 Å². The van der Waals surface area contributed by atoms with Crippen LogP contribution in [0, 0.1) is 0 Å². The molecular formula is C14H10N2OS. The van der Waals surface area contributed by atoms with Crippen LogP contribution in [0.3, 0.4) is 0 Å². The minimum absolute atomic E-state index is 0.0806. The molecule has 1 aromatic carbocycles. The Morgan fingerprint density at radius 2 is 2.17 bits per heavy atom. The lowest BCUT2D eigenvalue weighted by Gasteiger charge is -2.26. The third-order valence-corrected chi connectivity index (χ3v) is 4.98. The topological polar surface area (TPSA) is 42.9 Å². The van der Waals surface area contributed by atoms with Gasteiger partial charge in [-0.25, -0.2) is 9.97 Å². The fourth-order valence-corrected chi connectivity index (χ4v) is 4.30. The minimum atomic E-state index is -0.0806. The second kappa shape index (κ2) is 3.65. The van der Waals surface area contributed by atoms with E-state index in [4.69, 9.17) is 0 Å². The van der Waals surface area contributed by atoms with E-state index >= 15 is 0 Å². The number of fused-ring (bicyclic) bond motifs is 5. The number of Topliss-reactive ketones (excluding diaryl/α,β-unsaturated/α-hetero) is 1. The second-order valence-corrected chi connectivity index (χ2v) is 5.81. The average Bonchev–Trinajstić information content (AvgIpc) is 2.79. The Labute approximate surface area is 109 Å². The maximum Gasteiger partial charge on any atom is 0.147 e. The molecule has 2 aromatic rings. The van der Waals surface area contributed by atoms with E-state index in [9.17, 15) is 4.79 Å². The predicted molar refractivity (Wildman–Crippen MR) is 68.5 cm³/mol. The smallest absolute Gasteiger partial charge is 0.147 e. The summed E-state index contributed by atoms with van der Waals surface area (Å²) in [6.07, 6.45) is 3.89. The van der Waals surface area contributed by atoms with E-state index in [1.165, 1.54) is 11.9 Å². The van der Waals surface area contributed by atoms with Crippen LogP contribution in [-0.2, 0) is 11.2 Å². The molecule has 2 unspecified atom stereocenters. The predicted octanol–water partition coefficient (Wildman–Crippen LogP) is 2.53. The van der Waals surface area contributed by atoms with E-state index < -0.39 is 0 Å². The Hall–Kier alpha value is -1.68. The normalized spacial score (nSPS) is 24.3. The van der Waals surface area contributed by atoms with E-state index in [-0.39, 0.29) is 17.0 Å². The number of rotatable bonds is 0. The first-order valence-corrected chi connectivity index (χ1v) is 6.79. The molecule has 1 aromatic heterocycles. The van der Waals surface area contributed by atoms with Crippen molar-refractivity contribution in [1.29, 1.82) is 0 Å². The highest BCUT2D eigenvalue weighted by Gasteiger charge is 2.44. The highest BCUT2D eigenvalue weighted by molar-refractivity contribution is 8.00. The molecule has 3 nitrogen and oxygen atoms in total. The van der Waals surface area contributed by atoms with Crippen molar-refractivity contribution in [2.75, 3.05) is 0 Å². The fourth-order valence-electron chi connectivity index (χ4n) is 2.83. The van der Waals surface area contributed by atoms with Gasteiger partial charge < -0.3 is 0 Å². The van der Waals surface area contributed by atoms with Gasteiger partial charge in [0.1, 0.15) is 12.1 Å². The summed E-state index contributed by atoms with van der Waals surface area (Å²) in [5, 5.41) is 0.189. The summed E-state index contributed by atoms with van der Waals surface area (Å²) in [4.78, 5) is 21.7. The lowest BCUT2D eigenvalue weighted by molar-refractivity contribution is -0.120. The summed E-state index contributed by atoms with van der Waals surface area (Å²) >= 11 is 1.72. The van der Waals surface area contributed by atoms with Crippen molar-refractivity contribution in [1.82, 2.24) is 9.97 Å². The van der Waals surface area contributed by atoms with Gasteiger partial charge in [-0.3, -0.25) is 4.79 Å². The maximum absolute atomic E-state index is 12.3. The summed E-state index contributed by atoms with van der Waals surface area (Å²) in [5.74, 6) is 0.201. The van der Waals surface area contributed by atoms with Crippen LogP contribution in [0.1, 0.15) is 28.0 Å². The maximum atomic E-state index is 12.3. The first-order chi connectivity index (χ1) is 8.84. The summed E-state index contributed by atoms with van der Waals surface area (Å²) in [7, 11) is 0. The largest absolute Gasteiger partial charge is 0.299 e. The number of carbonyl (C=O) groups is 1. The summed E-state index contributed by atoms with van der Waals surface area (Å²) in [5.41, 5.74) is 3.36. The molecule has 0 saturated heterocycles. The summed E-state index contributed by atoms with van der Waals surface area (Å²) in [6.45, 7) is 0. The molecule has 0 amide bonds. The molecule has 0 fully saturated rings. The number of benzene rings is 1. The second-order valence-electron chi connectivity index (χ2n) is 4.63. The molecule has 1 aliphatic heterocycles. The first kappa shape index (κ1) is 10.3. The van der Waals surface area contributed by atoms with Crippen molar-refractivity contribution in [3.8, 4) is 0 Å².